The predicted molar refractivity (Wildman–Crippen MR) is 93.4 cm³/mol. The maximum absolute atomic E-state index is 12.2. The molecule has 0 radical (unpaired) electrons. The van der Waals surface area contributed by atoms with E-state index < -0.39 is 37.0 Å². The third-order valence-electron chi connectivity index (χ3n) is 3.98. The van der Waals surface area contributed by atoms with Gasteiger partial charge < -0.3 is 15.9 Å². The molecule has 0 aliphatic carbocycles. The number of carboxylic acid groups (broad SMARTS) is 2. The summed E-state index contributed by atoms with van der Waals surface area (Å²) in [6.07, 6.45) is 0. The number of rotatable bonds is 9. The van der Waals surface area contributed by atoms with Crippen LogP contribution in [0.25, 0.3) is 0 Å². The van der Waals surface area contributed by atoms with Crippen LogP contribution >= 0.6 is 0 Å². The molecule has 0 saturated carbocycles. The fourth-order valence-corrected chi connectivity index (χ4v) is 3.13. The Bertz CT molecular complexity index is 639. The summed E-state index contributed by atoms with van der Waals surface area (Å²) in [5, 5.41) is 18.2. The zero-order valence-electron chi connectivity index (χ0n) is 15.0. The average Bonchev–Trinajstić information content (AvgIpc) is 2.44. The molecule has 0 bridgehead atoms. The fourth-order valence-electron chi connectivity index (χ4n) is 3.13. The molecule has 0 fully saturated rings. The molecule has 7 nitrogen and oxygen atoms in total. The van der Waals surface area contributed by atoms with Crippen LogP contribution in [-0.4, -0.2) is 46.0 Å². The van der Waals surface area contributed by atoms with Gasteiger partial charge in [-0.2, -0.15) is 0 Å². The lowest BCUT2D eigenvalue weighted by Crippen LogP contribution is -2.43. The number of hydrogen-bond acceptors (Lipinski definition) is 4. The Morgan fingerprint density at radius 2 is 1.44 bits per heavy atom. The lowest BCUT2D eigenvalue weighted by Gasteiger charge is -2.31. The lowest BCUT2D eigenvalue weighted by atomic mass is 9.84. The Morgan fingerprint density at radius 3 is 1.80 bits per heavy atom. The second-order valence-electron chi connectivity index (χ2n) is 6.66. The van der Waals surface area contributed by atoms with Gasteiger partial charge in [0, 0.05) is 0 Å². The van der Waals surface area contributed by atoms with Gasteiger partial charge in [-0.15, -0.1) is 0 Å². The second-order valence-corrected chi connectivity index (χ2v) is 6.66. The van der Waals surface area contributed by atoms with Gasteiger partial charge in [0.15, 0.2) is 0 Å². The highest BCUT2D eigenvalue weighted by molar-refractivity contribution is 5.84. The molecule has 1 unspecified atom stereocenters. The van der Waals surface area contributed by atoms with Crippen molar-refractivity contribution in [2.24, 2.45) is 5.73 Å². The van der Waals surface area contributed by atoms with E-state index in [2.05, 4.69) is 0 Å². The Labute approximate surface area is 147 Å². The fraction of sp³-hybridized carbons (Fsp3) is 0.500. The SMILES string of the molecule is CC(C)c1cccc(C(C(N)=O)N(CC(=O)O)CC(=O)O)c1C(C)C. The molecule has 1 amide bonds. The number of nitrogens with two attached hydrogens (primary N) is 1. The maximum atomic E-state index is 12.2. The van der Waals surface area contributed by atoms with Crippen molar-refractivity contribution >= 4 is 17.8 Å². The number of carbonyl (C=O) groups is 3. The highest BCUT2D eigenvalue weighted by Gasteiger charge is 2.32. The normalized spacial score (nSPS) is 12.6. The topological polar surface area (TPSA) is 121 Å². The second kappa shape index (κ2) is 8.62. The van der Waals surface area contributed by atoms with Gasteiger partial charge in [0.25, 0.3) is 0 Å². The summed E-state index contributed by atoms with van der Waals surface area (Å²) in [6, 6.07) is 4.34. The van der Waals surface area contributed by atoms with E-state index in [1.807, 2.05) is 33.8 Å². The van der Waals surface area contributed by atoms with Gasteiger partial charge in [0.05, 0.1) is 13.1 Å². The average molecular weight is 350 g/mol. The molecule has 1 aromatic rings. The Balaban J connectivity index is 3.57. The predicted octanol–water partition coefficient (Wildman–Crippen LogP) is 1.93. The van der Waals surface area contributed by atoms with Gasteiger partial charge >= 0.3 is 11.9 Å². The molecule has 7 heteroatoms. The van der Waals surface area contributed by atoms with Crippen molar-refractivity contribution < 1.29 is 24.6 Å². The Morgan fingerprint density at radius 1 is 0.960 bits per heavy atom. The maximum Gasteiger partial charge on any atom is 0.317 e. The van der Waals surface area contributed by atoms with Gasteiger partial charge in [-0.05, 0) is 28.5 Å². The van der Waals surface area contributed by atoms with Gasteiger partial charge in [0.2, 0.25) is 5.91 Å². The van der Waals surface area contributed by atoms with Crippen molar-refractivity contribution in [1.82, 2.24) is 4.90 Å². The van der Waals surface area contributed by atoms with Gasteiger partial charge in [-0.1, -0.05) is 45.9 Å². The summed E-state index contributed by atoms with van der Waals surface area (Å²) >= 11 is 0. The minimum Gasteiger partial charge on any atom is -0.480 e. The van der Waals surface area contributed by atoms with E-state index in [1.54, 1.807) is 12.1 Å². The summed E-state index contributed by atoms with van der Waals surface area (Å²) in [4.78, 5) is 35.6. The highest BCUT2D eigenvalue weighted by atomic mass is 16.4. The number of primary amides is 1. The summed E-state index contributed by atoms with van der Waals surface area (Å²) in [5.41, 5.74) is 8.05. The molecule has 1 aromatic carbocycles. The van der Waals surface area contributed by atoms with Crippen molar-refractivity contribution in [1.29, 1.82) is 0 Å². The number of amides is 1. The van der Waals surface area contributed by atoms with E-state index in [4.69, 9.17) is 15.9 Å². The lowest BCUT2D eigenvalue weighted by molar-refractivity contribution is -0.143. The van der Waals surface area contributed by atoms with Gasteiger partial charge in [-0.3, -0.25) is 19.3 Å². The standard InChI is InChI=1S/C18H26N2O5/c1-10(2)12-6-5-7-13(16(12)11(3)4)17(18(19)25)20(8-14(21)22)9-15(23)24/h5-7,10-11,17H,8-9H2,1-4H3,(H2,19,25)(H,21,22)(H,23,24). The van der Waals surface area contributed by atoms with Crippen LogP contribution in [0.1, 0.15) is 62.3 Å². The van der Waals surface area contributed by atoms with Gasteiger partial charge in [0.1, 0.15) is 6.04 Å². The van der Waals surface area contributed by atoms with Crippen LogP contribution in [0.3, 0.4) is 0 Å². The third-order valence-corrected chi connectivity index (χ3v) is 3.98. The molecule has 1 rings (SSSR count). The van der Waals surface area contributed by atoms with Crippen LogP contribution in [0.4, 0.5) is 0 Å². The molecule has 0 aromatic heterocycles. The van der Waals surface area contributed by atoms with E-state index in [1.165, 1.54) is 0 Å². The van der Waals surface area contributed by atoms with Crippen LogP contribution in [0.5, 0.6) is 0 Å². The number of hydrogen-bond donors (Lipinski definition) is 3. The first-order valence-electron chi connectivity index (χ1n) is 8.15. The van der Waals surface area contributed by atoms with E-state index >= 15 is 0 Å². The first-order valence-corrected chi connectivity index (χ1v) is 8.15. The Kier molecular flexibility index (Phi) is 7.11. The zero-order valence-corrected chi connectivity index (χ0v) is 15.0. The van der Waals surface area contributed by atoms with Gasteiger partial charge in [-0.25, -0.2) is 0 Å². The van der Waals surface area contributed by atoms with Crippen LogP contribution in [0.2, 0.25) is 0 Å². The molecule has 4 N–H and O–H groups in total. The highest BCUT2D eigenvalue weighted by Crippen LogP contribution is 2.34. The molecule has 25 heavy (non-hydrogen) atoms. The van der Waals surface area contributed by atoms with E-state index in [9.17, 15) is 14.4 Å². The number of carboxylic acids is 2. The number of benzene rings is 1. The van der Waals surface area contributed by atoms with Crippen LogP contribution in [0.15, 0.2) is 18.2 Å². The molecule has 0 spiro atoms. The van der Waals surface area contributed by atoms with E-state index in [-0.39, 0.29) is 11.8 Å². The van der Waals surface area contributed by atoms with Crippen molar-refractivity contribution in [2.45, 2.75) is 45.6 Å². The summed E-state index contributed by atoms with van der Waals surface area (Å²) < 4.78 is 0. The van der Waals surface area contributed by atoms with Crippen LogP contribution in [-0.2, 0) is 14.4 Å². The summed E-state index contributed by atoms with van der Waals surface area (Å²) in [6.45, 7) is 6.81. The zero-order chi connectivity index (χ0) is 19.3. The first kappa shape index (κ1) is 20.6. The Hall–Kier alpha value is -2.41. The van der Waals surface area contributed by atoms with E-state index in [0.29, 0.717) is 5.56 Å². The molecule has 1 atom stereocenters. The van der Waals surface area contributed by atoms with Crippen molar-refractivity contribution in [2.75, 3.05) is 13.1 Å². The quantitative estimate of drug-likeness (QED) is 0.626. The first-order chi connectivity index (χ1) is 11.6. The molecule has 0 saturated heterocycles. The number of nitrogens with zero attached hydrogens (tertiary/aromatic N) is 1. The van der Waals surface area contributed by atoms with Crippen molar-refractivity contribution in [3.8, 4) is 0 Å². The van der Waals surface area contributed by atoms with Crippen molar-refractivity contribution in [3.05, 3.63) is 34.9 Å². The molecular formula is C18H26N2O5. The number of carbonyl (C=O) groups excluding carboxylic acids is 1. The van der Waals surface area contributed by atoms with E-state index in [0.717, 1.165) is 16.0 Å². The van der Waals surface area contributed by atoms with Crippen molar-refractivity contribution in [3.63, 3.8) is 0 Å². The van der Waals surface area contributed by atoms with Crippen LogP contribution < -0.4 is 5.73 Å². The number of aliphatic carboxylic acids is 2. The third kappa shape index (κ3) is 5.29. The molecule has 138 valence electrons. The minimum atomic E-state index is -1.22. The molecule has 0 aliphatic rings. The molecular weight excluding hydrogens is 324 g/mol. The molecule has 0 aliphatic heterocycles. The smallest absolute Gasteiger partial charge is 0.317 e. The van der Waals surface area contributed by atoms with Crippen LogP contribution in [0, 0.1) is 0 Å². The molecule has 0 heterocycles. The monoisotopic (exact) mass is 350 g/mol. The largest absolute Gasteiger partial charge is 0.480 e. The minimum absolute atomic E-state index is 0.0620. The summed E-state index contributed by atoms with van der Waals surface area (Å²) in [7, 11) is 0. The summed E-state index contributed by atoms with van der Waals surface area (Å²) in [5.74, 6) is -2.97.